The average molecular weight is 579 g/mol. The van der Waals surface area contributed by atoms with Crippen LogP contribution in [0.1, 0.15) is 13.8 Å². The zero-order valence-corrected chi connectivity index (χ0v) is 23.8. The summed E-state index contributed by atoms with van der Waals surface area (Å²) in [5.41, 5.74) is 0.0326. The van der Waals surface area contributed by atoms with E-state index < -0.39 is 25.5 Å². The fourth-order valence-electron chi connectivity index (χ4n) is 4.07. The number of halogens is 1. The highest BCUT2D eigenvalue weighted by molar-refractivity contribution is 7.93. The number of alkyl halides is 1. The number of nitrogens with one attached hydrogen (secondary N) is 2. The molecule has 9 nitrogen and oxygen atoms in total. The summed E-state index contributed by atoms with van der Waals surface area (Å²) in [5.74, 6) is -0.0981. The molecule has 1 saturated heterocycles. The van der Waals surface area contributed by atoms with Crippen LogP contribution in [0.25, 0.3) is 10.8 Å². The highest BCUT2D eigenvalue weighted by Gasteiger charge is 2.30. The van der Waals surface area contributed by atoms with Crippen molar-refractivity contribution in [3.05, 3.63) is 60.7 Å². The SMILES string of the molecule is CN1CCN(S(=O)(=O)c2cccc3c(S(=O)(=O)Nc4ccc(NC(=O)C(C)(C)CCl)cc4)cccc23)CC1. The zero-order chi connectivity index (χ0) is 27.7. The number of benzene rings is 3. The Kier molecular flexibility index (Phi) is 8.06. The van der Waals surface area contributed by atoms with Crippen LogP contribution >= 0.6 is 11.6 Å². The second-order valence-corrected chi connectivity index (χ2v) is 13.8. The van der Waals surface area contributed by atoms with Gasteiger partial charge in [0.15, 0.2) is 0 Å². The minimum absolute atomic E-state index is 0.0355. The predicted molar refractivity (Wildman–Crippen MR) is 151 cm³/mol. The van der Waals surface area contributed by atoms with E-state index in [1.165, 1.54) is 34.6 Å². The third-order valence-corrected chi connectivity index (χ3v) is 10.6. The third-order valence-electron chi connectivity index (χ3n) is 6.56. The minimum Gasteiger partial charge on any atom is -0.326 e. The maximum Gasteiger partial charge on any atom is 0.262 e. The van der Waals surface area contributed by atoms with E-state index in [0.29, 0.717) is 42.6 Å². The number of amides is 1. The van der Waals surface area contributed by atoms with E-state index in [9.17, 15) is 21.6 Å². The van der Waals surface area contributed by atoms with E-state index in [-0.39, 0.29) is 27.3 Å². The number of fused-ring (bicyclic) bond motifs is 1. The highest BCUT2D eigenvalue weighted by atomic mass is 35.5. The van der Waals surface area contributed by atoms with Crippen LogP contribution in [0.2, 0.25) is 0 Å². The number of likely N-dealkylation sites (N-methyl/N-ethyl adjacent to an activating group) is 1. The van der Waals surface area contributed by atoms with Crippen molar-refractivity contribution >= 4 is 59.7 Å². The number of sulfonamides is 2. The smallest absolute Gasteiger partial charge is 0.262 e. The molecule has 1 aliphatic rings. The minimum atomic E-state index is -4.07. The van der Waals surface area contributed by atoms with Crippen molar-refractivity contribution in [3.8, 4) is 0 Å². The molecular formula is C26H31ClN4O5S2. The van der Waals surface area contributed by atoms with Gasteiger partial charge in [-0.2, -0.15) is 4.31 Å². The summed E-state index contributed by atoms with van der Waals surface area (Å²) in [6.07, 6.45) is 0. The van der Waals surface area contributed by atoms with Crippen molar-refractivity contribution in [2.75, 3.05) is 49.1 Å². The molecule has 0 bridgehead atoms. The van der Waals surface area contributed by atoms with E-state index in [4.69, 9.17) is 11.6 Å². The Morgan fingerprint density at radius 2 is 1.37 bits per heavy atom. The molecule has 38 heavy (non-hydrogen) atoms. The fourth-order valence-corrected chi connectivity index (χ4v) is 7.10. The molecule has 1 aliphatic heterocycles. The lowest BCUT2D eigenvalue weighted by atomic mass is 9.95. The van der Waals surface area contributed by atoms with Crippen LogP contribution < -0.4 is 10.0 Å². The van der Waals surface area contributed by atoms with Crippen molar-refractivity contribution in [3.63, 3.8) is 0 Å². The Morgan fingerprint density at radius 3 is 1.95 bits per heavy atom. The van der Waals surface area contributed by atoms with Crippen molar-refractivity contribution < 1.29 is 21.6 Å². The third kappa shape index (κ3) is 5.81. The summed E-state index contributed by atoms with van der Waals surface area (Å²) in [7, 11) is -5.94. The van der Waals surface area contributed by atoms with E-state index in [1.807, 2.05) is 7.05 Å². The molecule has 4 rings (SSSR count). The summed E-state index contributed by atoms with van der Waals surface area (Å²) in [6.45, 7) is 5.44. The molecule has 1 fully saturated rings. The molecule has 0 aromatic heterocycles. The Morgan fingerprint density at radius 1 is 0.842 bits per heavy atom. The number of carbonyl (C=O) groups is 1. The predicted octanol–water partition coefficient (Wildman–Crippen LogP) is 3.78. The maximum atomic E-state index is 13.5. The van der Waals surface area contributed by atoms with Gasteiger partial charge in [0, 0.05) is 54.2 Å². The molecule has 204 valence electrons. The number of hydrogen-bond donors (Lipinski definition) is 2. The highest BCUT2D eigenvalue weighted by Crippen LogP contribution is 2.31. The number of nitrogens with zero attached hydrogens (tertiary/aromatic N) is 2. The zero-order valence-electron chi connectivity index (χ0n) is 21.4. The molecule has 0 saturated carbocycles. The second-order valence-electron chi connectivity index (χ2n) is 9.97. The summed E-state index contributed by atoms with van der Waals surface area (Å²) in [5, 5.41) is 3.41. The maximum absolute atomic E-state index is 13.5. The van der Waals surface area contributed by atoms with Gasteiger partial charge in [0.2, 0.25) is 15.9 Å². The van der Waals surface area contributed by atoms with Crippen LogP contribution in [0.5, 0.6) is 0 Å². The molecule has 3 aromatic rings. The van der Waals surface area contributed by atoms with Gasteiger partial charge in [-0.3, -0.25) is 9.52 Å². The van der Waals surface area contributed by atoms with E-state index in [2.05, 4.69) is 14.9 Å². The molecule has 2 N–H and O–H groups in total. The van der Waals surface area contributed by atoms with Crippen molar-refractivity contribution in [2.45, 2.75) is 23.6 Å². The average Bonchev–Trinajstić information content (AvgIpc) is 2.89. The Labute approximate surface area is 228 Å². The summed E-state index contributed by atoms with van der Waals surface area (Å²) in [6, 6.07) is 15.5. The van der Waals surface area contributed by atoms with Crippen molar-refractivity contribution in [1.29, 1.82) is 0 Å². The molecule has 0 aliphatic carbocycles. The van der Waals surface area contributed by atoms with Gasteiger partial charge in [-0.15, -0.1) is 11.6 Å². The van der Waals surface area contributed by atoms with Crippen LogP contribution in [-0.4, -0.2) is 71.1 Å². The van der Waals surface area contributed by atoms with Crippen molar-refractivity contribution in [2.24, 2.45) is 5.41 Å². The van der Waals surface area contributed by atoms with Gasteiger partial charge >= 0.3 is 0 Å². The topological polar surface area (TPSA) is 116 Å². The van der Waals surface area contributed by atoms with Gasteiger partial charge in [-0.25, -0.2) is 16.8 Å². The Balaban J connectivity index is 1.61. The lowest BCUT2D eigenvalue weighted by Crippen LogP contribution is -2.47. The van der Waals surface area contributed by atoms with Gasteiger partial charge in [0.05, 0.1) is 15.2 Å². The molecule has 0 spiro atoms. The first kappa shape index (κ1) is 28.3. The van der Waals surface area contributed by atoms with Crippen LogP contribution in [0, 0.1) is 5.41 Å². The van der Waals surface area contributed by atoms with Crippen LogP contribution in [0.4, 0.5) is 11.4 Å². The normalized spacial score (nSPS) is 15.9. The van der Waals surface area contributed by atoms with E-state index >= 15 is 0 Å². The summed E-state index contributed by atoms with van der Waals surface area (Å²) in [4.78, 5) is 14.5. The Hall–Kier alpha value is -2.70. The van der Waals surface area contributed by atoms with Gasteiger partial charge in [0.1, 0.15) is 0 Å². The number of piperazine rings is 1. The van der Waals surface area contributed by atoms with Gasteiger partial charge in [-0.05, 0) is 57.3 Å². The number of carbonyl (C=O) groups excluding carboxylic acids is 1. The Bertz CT molecular complexity index is 1550. The van der Waals surface area contributed by atoms with Gasteiger partial charge in [0.25, 0.3) is 10.0 Å². The number of hydrogen-bond acceptors (Lipinski definition) is 6. The lowest BCUT2D eigenvalue weighted by molar-refractivity contribution is -0.122. The van der Waals surface area contributed by atoms with Crippen LogP contribution in [0.3, 0.4) is 0 Å². The number of anilines is 2. The van der Waals surface area contributed by atoms with E-state index in [0.717, 1.165) is 0 Å². The van der Waals surface area contributed by atoms with Crippen molar-refractivity contribution in [1.82, 2.24) is 9.21 Å². The fraction of sp³-hybridized carbons (Fsp3) is 0.346. The molecule has 0 atom stereocenters. The van der Waals surface area contributed by atoms with Gasteiger partial charge < -0.3 is 10.2 Å². The summed E-state index contributed by atoms with van der Waals surface area (Å²) < 4.78 is 57.7. The van der Waals surface area contributed by atoms with E-state index in [1.54, 1.807) is 44.2 Å². The molecule has 1 amide bonds. The molecule has 3 aromatic carbocycles. The molecule has 0 unspecified atom stereocenters. The number of rotatable bonds is 8. The van der Waals surface area contributed by atoms with Crippen LogP contribution in [0.15, 0.2) is 70.5 Å². The monoisotopic (exact) mass is 578 g/mol. The molecule has 0 radical (unpaired) electrons. The van der Waals surface area contributed by atoms with Crippen LogP contribution in [-0.2, 0) is 24.8 Å². The summed E-state index contributed by atoms with van der Waals surface area (Å²) >= 11 is 5.86. The molecule has 12 heteroatoms. The van der Waals surface area contributed by atoms with Gasteiger partial charge in [-0.1, -0.05) is 24.3 Å². The second kappa shape index (κ2) is 10.8. The standard InChI is InChI=1S/C26H31ClN4O5S2/c1-26(2,18-27)25(32)28-19-10-12-20(13-11-19)29-37(33,34)23-8-4-7-22-21(23)6-5-9-24(22)38(35,36)31-16-14-30(3)15-17-31/h4-13,29H,14-18H2,1-3H3,(H,28,32). The quantitative estimate of drug-likeness (QED) is 0.393. The molecule has 1 heterocycles. The molecular weight excluding hydrogens is 548 g/mol. The lowest BCUT2D eigenvalue weighted by Gasteiger charge is -2.31. The largest absolute Gasteiger partial charge is 0.326 e. The first-order chi connectivity index (χ1) is 17.8. The first-order valence-corrected chi connectivity index (χ1v) is 15.5. The first-order valence-electron chi connectivity index (χ1n) is 12.1.